The van der Waals surface area contributed by atoms with Crippen molar-refractivity contribution in [1.82, 2.24) is 0 Å². The van der Waals surface area contributed by atoms with E-state index in [1.165, 1.54) is 13.2 Å². The highest BCUT2D eigenvalue weighted by Crippen LogP contribution is 2.27. The summed E-state index contributed by atoms with van der Waals surface area (Å²) in [6.45, 7) is 0.0716. The van der Waals surface area contributed by atoms with Crippen LogP contribution in [-0.4, -0.2) is 29.8 Å². The summed E-state index contributed by atoms with van der Waals surface area (Å²) in [5.41, 5.74) is 6.07. The van der Waals surface area contributed by atoms with Crippen molar-refractivity contribution in [3.8, 4) is 11.5 Å². The second kappa shape index (κ2) is 5.37. The van der Waals surface area contributed by atoms with Gasteiger partial charge in [0.15, 0.2) is 11.5 Å². The van der Waals surface area contributed by atoms with Crippen LogP contribution in [0.25, 0.3) is 0 Å². The van der Waals surface area contributed by atoms with E-state index < -0.39 is 11.9 Å². The van der Waals surface area contributed by atoms with E-state index in [-0.39, 0.29) is 12.3 Å². The lowest BCUT2D eigenvalue weighted by Crippen LogP contribution is -2.25. The van der Waals surface area contributed by atoms with Crippen molar-refractivity contribution in [2.24, 2.45) is 11.7 Å². The number of nitrogens with two attached hydrogens (primary N) is 1. The van der Waals surface area contributed by atoms with E-state index in [0.29, 0.717) is 12.2 Å². The molecule has 16 heavy (non-hydrogen) atoms. The molecule has 4 N–H and O–H groups in total. The Hall–Kier alpha value is -1.75. The van der Waals surface area contributed by atoms with Gasteiger partial charge in [-0.3, -0.25) is 4.79 Å². The van der Waals surface area contributed by atoms with Crippen molar-refractivity contribution in [3.63, 3.8) is 0 Å². The summed E-state index contributed by atoms with van der Waals surface area (Å²) in [5, 5.41) is 18.3. The van der Waals surface area contributed by atoms with Crippen LogP contribution in [0.15, 0.2) is 18.2 Å². The predicted octanol–water partition coefficient (Wildman–Crippen LogP) is 0.603. The second-order valence-corrected chi connectivity index (χ2v) is 3.48. The van der Waals surface area contributed by atoms with Gasteiger partial charge in [-0.1, -0.05) is 6.07 Å². The molecule has 0 spiro atoms. The molecule has 0 radical (unpaired) electrons. The summed E-state index contributed by atoms with van der Waals surface area (Å²) in [4.78, 5) is 10.8. The van der Waals surface area contributed by atoms with Crippen molar-refractivity contribution >= 4 is 5.97 Å². The van der Waals surface area contributed by atoms with Crippen molar-refractivity contribution in [2.45, 2.75) is 6.42 Å². The van der Waals surface area contributed by atoms with Gasteiger partial charge in [-0.2, -0.15) is 0 Å². The molecule has 1 atom stereocenters. The highest BCUT2D eigenvalue weighted by Gasteiger charge is 2.16. The molecule has 0 saturated heterocycles. The van der Waals surface area contributed by atoms with Gasteiger partial charge in [0.25, 0.3) is 0 Å². The Morgan fingerprint density at radius 2 is 2.25 bits per heavy atom. The minimum atomic E-state index is -0.933. The maximum atomic E-state index is 10.8. The third-order valence-corrected chi connectivity index (χ3v) is 2.36. The molecule has 0 unspecified atom stereocenters. The molecule has 0 saturated carbocycles. The van der Waals surface area contributed by atoms with Gasteiger partial charge in [-0.05, 0) is 24.1 Å². The molecule has 88 valence electrons. The fraction of sp³-hybridized carbons (Fsp3) is 0.364. The number of hydrogen-bond donors (Lipinski definition) is 3. The Balaban J connectivity index is 2.81. The standard InChI is InChI=1S/C11H15NO4/c1-16-10-3-2-7(5-9(10)13)4-8(6-12)11(14)15/h2-3,5,8,13H,4,6,12H2,1H3,(H,14,15)/t8-/m1/s1. The van der Waals surface area contributed by atoms with Crippen LogP contribution in [0.2, 0.25) is 0 Å². The quantitative estimate of drug-likeness (QED) is 0.682. The number of methoxy groups -OCH3 is 1. The minimum absolute atomic E-state index is 0.00107. The number of aliphatic carboxylic acids is 1. The average molecular weight is 225 g/mol. The lowest BCUT2D eigenvalue weighted by Gasteiger charge is -2.10. The molecular weight excluding hydrogens is 210 g/mol. The molecule has 0 aromatic heterocycles. The zero-order valence-electron chi connectivity index (χ0n) is 9.01. The third kappa shape index (κ3) is 2.87. The fourth-order valence-corrected chi connectivity index (χ4v) is 1.42. The predicted molar refractivity (Wildman–Crippen MR) is 58.5 cm³/mol. The van der Waals surface area contributed by atoms with Crippen LogP contribution in [0.5, 0.6) is 11.5 Å². The maximum Gasteiger partial charge on any atom is 0.308 e. The topological polar surface area (TPSA) is 92.8 Å². The molecule has 0 bridgehead atoms. The molecule has 0 amide bonds. The number of carboxylic acids is 1. The van der Waals surface area contributed by atoms with Gasteiger partial charge in [0.2, 0.25) is 0 Å². The van der Waals surface area contributed by atoms with Gasteiger partial charge in [-0.25, -0.2) is 0 Å². The summed E-state index contributed by atoms with van der Waals surface area (Å²) in [6.07, 6.45) is 0.295. The summed E-state index contributed by atoms with van der Waals surface area (Å²) >= 11 is 0. The van der Waals surface area contributed by atoms with Crippen LogP contribution in [0.3, 0.4) is 0 Å². The van der Waals surface area contributed by atoms with E-state index in [9.17, 15) is 9.90 Å². The number of aromatic hydroxyl groups is 1. The first-order valence-electron chi connectivity index (χ1n) is 4.87. The Bertz CT molecular complexity index is 378. The molecule has 1 aromatic carbocycles. The molecule has 0 aliphatic rings. The minimum Gasteiger partial charge on any atom is -0.504 e. The average Bonchev–Trinajstić information content (AvgIpc) is 2.25. The molecular formula is C11H15NO4. The fourth-order valence-electron chi connectivity index (χ4n) is 1.42. The highest BCUT2D eigenvalue weighted by atomic mass is 16.5. The first-order valence-corrected chi connectivity index (χ1v) is 4.87. The van der Waals surface area contributed by atoms with E-state index in [1.54, 1.807) is 12.1 Å². The van der Waals surface area contributed by atoms with Gasteiger partial charge in [0.05, 0.1) is 13.0 Å². The van der Waals surface area contributed by atoms with E-state index in [1.807, 2.05) is 0 Å². The number of phenolic OH excluding ortho intramolecular Hbond substituents is 1. The molecule has 5 heteroatoms. The summed E-state index contributed by atoms with van der Waals surface area (Å²) in [7, 11) is 1.45. The van der Waals surface area contributed by atoms with Crippen LogP contribution in [0.4, 0.5) is 0 Å². The SMILES string of the molecule is COc1ccc(C[C@H](CN)C(=O)O)cc1O. The van der Waals surface area contributed by atoms with Gasteiger partial charge in [0.1, 0.15) is 0 Å². The van der Waals surface area contributed by atoms with Crippen LogP contribution < -0.4 is 10.5 Å². The number of rotatable bonds is 5. The largest absolute Gasteiger partial charge is 0.504 e. The lowest BCUT2D eigenvalue weighted by molar-refractivity contribution is -0.141. The summed E-state index contributed by atoms with van der Waals surface area (Å²) in [5.74, 6) is -1.20. The van der Waals surface area contributed by atoms with Crippen molar-refractivity contribution in [2.75, 3.05) is 13.7 Å². The zero-order valence-corrected chi connectivity index (χ0v) is 9.01. The Morgan fingerprint density at radius 3 is 2.69 bits per heavy atom. The van der Waals surface area contributed by atoms with E-state index in [2.05, 4.69) is 0 Å². The number of benzene rings is 1. The van der Waals surface area contributed by atoms with E-state index in [0.717, 1.165) is 5.56 Å². The van der Waals surface area contributed by atoms with Crippen LogP contribution in [-0.2, 0) is 11.2 Å². The molecule has 1 aromatic rings. The van der Waals surface area contributed by atoms with Crippen molar-refractivity contribution in [3.05, 3.63) is 23.8 Å². The summed E-state index contributed by atoms with van der Waals surface area (Å²) < 4.78 is 4.89. The third-order valence-electron chi connectivity index (χ3n) is 2.36. The Morgan fingerprint density at radius 1 is 1.56 bits per heavy atom. The molecule has 5 nitrogen and oxygen atoms in total. The van der Waals surface area contributed by atoms with Crippen LogP contribution in [0.1, 0.15) is 5.56 Å². The zero-order chi connectivity index (χ0) is 12.1. The number of carbonyl (C=O) groups is 1. The number of phenols is 1. The molecule has 0 heterocycles. The monoisotopic (exact) mass is 225 g/mol. The second-order valence-electron chi connectivity index (χ2n) is 3.48. The van der Waals surface area contributed by atoms with E-state index in [4.69, 9.17) is 15.6 Å². The smallest absolute Gasteiger partial charge is 0.308 e. The van der Waals surface area contributed by atoms with Gasteiger partial charge in [0, 0.05) is 6.54 Å². The number of carboxylic acid groups (broad SMARTS) is 1. The number of hydrogen-bond acceptors (Lipinski definition) is 4. The van der Waals surface area contributed by atoms with Crippen LogP contribution in [0, 0.1) is 5.92 Å². The first kappa shape index (κ1) is 12.3. The van der Waals surface area contributed by atoms with Gasteiger partial charge >= 0.3 is 5.97 Å². The van der Waals surface area contributed by atoms with Crippen molar-refractivity contribution in [1.29, 1.82) is 0 Å². The Labute approximate surface area is 93.5 Å². The van der Waals surface area contributed by atoms with Crippen molar-refractivity contribution < 1.29 is 19.7 Å². The van der Waals surface area contributed by atoms with E-state index >= 15 is 0 Å². The van der Waals surface area contributed by atoms with Gasteiger partial charge in [-0.15, -0.1) is 0 Å². The molecule has 0 fully saturated rings. The maximum absolute atomic E-state index is 10.8. The number of ether oxygens (including phenoxy) is 1. The van der Waals surface area contributed by atoms with Gasteiger partial charge < -0.3 is 20.7 Å². The molecule has 0 aliphatic heterocycles. The van der Waals surface area contributed by atoms with Crippen LogP contribution >= 0.6 is 0 Å². The highest BCUT2D eigenvalue weighted by molar-refractivity contribution is 5.70. The normalized spacial score (nSPS) is 12.1. The molecule has 0 aliphatic carbocycles. The summed E-state index contributed by atoms with van der Waals surface area (Å²) in [6, 6.07) is 4.80. The lowest BCUT2D eigenvalue weighted by atomic mass is 9.99. The molecule has 1 rings (SSSR count). The Kier molecular flexibility index (Phi) is 4.13. The first-order chi connectivity index (χ1) is 7.58.